The van der Waals surface area contributed by atoms with Crippen molar-refractivity contribution >= 4 is 0 Å². The molecule has 0 saturated carbocycles. The van der Waals surface area contributed by atoms with Gasteiger partial charge in [0.05, 0.1) is 0 Å². The predicted molar refractivity (Wildman–Crippen MR) is 239 cm³/mol. The van der Waals surface area contributed by atoms with Crippen molar-refractivity contribution in [2.75, 3.05) is 0 Å². The van der Waals surface area contributed by atoms with Gasteiger partial charge in [-0.15, -0.1) is 0 Å². The molecule has 0 aliphatic carbocycles. The molecule has 1 aromatic heterocycles. The summed E-state index contributed by atoms with van der Waals surface area (Å²) in [6.45, 7) is 8.25. The zero-order chi connectivity index (χ0) is 38.2. The number of hydrogen-bond donors (Lipinski definition) is 0. The fourth-order valence-corrected chi connectivity index (χ4v) is 9.01. The SMILES string of the molecule is CCCCCCCCCCCCCCCCCCC(c1nccn1CCCCCCCCCCCCCCC)C(C)(Cc1ccccc1)c1ccccc1. The third kappa shape index (κ3) is 19.5. The van der Waals surface area contributed by atoms with Gasteiger partial charge in [-0.3, -0.25) is 0 Å². The Morgan fingerprint density at radius 3 is 1.31 bits per heavy atom. The summed E-state index contributed by atoms with van der Waals surface area (Å²) in [5.74, 6) is 1.70. The summed E-state index contributed by atoms with van der Waals surface area (Å²) >= 11 is 0. The maximum absolute atomic E-state index is 5.18. The molecule has 3 rings (SSSR count). The molecule has 2 unspecified atom stereocenters. The van der Waals surface area contributed by atoms with Crippen LogP contribution in [0.25, 0.3) is 0 Å². The van der Waals surface area contributed by atoms with Crippen LogP contribution < -0.4 is 0 Å². The molecule has 304 valence electrons. The molecular weight excluding hydrogens is 653 g/mol. The third-order valence-corrected chi connectivity index (χ3v) is 12.5. The standard InChI is InChI=1S/C52H86N2/c1-4-6-8-10-12-14-16-18-19-20-21-23-25-27-29-37-43-50(52(3,49-41-35-32-36-42-49)47-48-39-33-31-34-40-48)51-53-44-46-54(51)45-38-30-28-26-24-22-17-15-13-11-9-7-5-2/h31-36,39-42,44,46,50H,4-30,37-38,43,45,47H2,1-3H3. The zero-order valence-electron chi connectivity index (χ0n) is 36.0. The highest BCUT2D eigenvalue weighted by molar-refractivity contribution is 5.33. The molecule has 0 fully saturated rings. The van der Waals surface area contributed by atoms with Crippen molar-refractivity contribution in [1.82, 2.24) is 9.55 Å². The van der Waals surface area contributed by atoms with Gasteiger partial charge in [0.2, 0.25) is 0 Å². The van der Waals surface area contributed by atoms with E-state index in [0.29, 0.717) is 5.92 Å². The quantitative estimate of drug-likeness (QED) is 0.0543. The Balaban J connectivity index is 1.49. The summed E-state index contributed by atoms with van der Waals surface area (Å²) in [4.78, 5) is 5.18. The van der Waals surface area contributed by atoms with Gasteiger partial charge in [-0.05, 0) is 30.4 Å². The molecule has 0 N–H and O–H groups in total. The van der Waals surface area contributed by atoms with Crippen molar-refractivity contribution in [1.29, 1.82) is 0 Å². The maximum atomic E-state index is 5.18. The van der Waals surface area contributed by atoms with E-state index in [4.69, 9.17) is 4.98 Å². The fourth-order valence-electron chi connectivity index (χ4n) is 9.01. The van der Waals surface area contributed by atoms with Crippen LogP contribution >= 0.6 is 0 Å². The highest BCUT2D eigenvalue weighted by atomic mass is 15.1. The van der Waals surface area contributed by atoms with Crippen molar-refractivity contribution in [2.24, 2.45) is 0 Å². The van der Waals surface area contributed by atoms with Gasteiger partial charge in [0.25, 0.3) is 0 Å². The highest BCUT2D eigenvalue weighted by Gasteiger charge is 2.39. The van der Waals surface area contributed by atoms with E-state index < -0.39 is 0 Å². The lowest BCUT2D eigenvalue weighted by molar-refractivity contribution is 0.321. The molecule has 2 heteroatoms. The first-order valence-corrected chi connectivity index (χ1v) is 23.8. The summed E-state index contributed by atoms with van der Waals surface area (Å²) in [5, 5.41) is 0. The molecule has 0 aliphatic heterocycles. The topological polar surface area (TPSA) is 17.8 Å². The van der Waals surface area contributed by atoms with E-state index in [1.165, 1.54) is 210 Å². The van der Waals surface area contributed by atoms with Crippen LogP contribution in [0.3, 0.4) is 0 Å². The monoisotopic (exact) mass is 739 g/mol. The van der Waals surface area contributed by atoms with E-state index in [0.717, 1.165) is 13.0 Å². The van der Waals surface area contributed by atoms with Crippen LogP contribution in [0, 0.1) is 0 Å². The Bertz CT molecular complexity index is 1230. The van der Waals surface area contributed by atoms with E-state index in [-0.39, 0.29) is 5.41 Å². The normalized spacial score (nSPS) is 13.3. The Hall–Kier alpha value is -2.35. The van der Waals surface area contributed by atoms with E-state index >= 15 is 0 Å². The highest BCUT2D eigenvalue weighted by Crippen LogP contribution is 2.44. The molecule has 0 aliphatic rings. The first-order valence-electron chi connectivity index (χ1n) is 23.8. The van der Waals surface area contributed by atoms with E-state index in [9.17, 15) is 0 Å². The van der Waals surface area contributed by atoms with Gasteiger partial charge in [0.15, 0.2) is 0 Å². The summed E-state index contributed by atoms with van der Waals surface area (Å²) in [6, 6.07) is 22.6. The molecule has 2 aromatic carbocycles. The number of imidazole rings is 1. The lowest BCUT2D eigenvalue weighted by Crippen LogP contribution is -2.35. The third-order valence-electron chi connectivity index (χ3n) is 12.5. The van der Waals surface area contributed by atoms with Gasteiger partial charge in [0.1, 0.15) is 5.82 Å². The van der Waals surface area contributed by atoms with E-state index in [1.54, 1.807) is 0 Å². The molecular formula is C52H86N2. The van der Waals surface area contributed by atoms with Gasteiger partial charge in [-0.25, -0.2) is 4.98 Å². The maximum Gasteiger partial charge on any atom is 0.112 e. The summed E-state index contributed by atoms with van der Waals surface area (Å²) in [7, 11) is 0. The van der Waals surface area contributed by atoms with E-state index in [1.807, 2.05) is 0 Å². The molecule has 3 aromatic rings. The molecule has 0 spiro atoms. The molecule has 1 heterocycles. The second-order valence-corrected chi connectivity index (χ2v) is 17.3. The van der Waals surface area contributed by atoms with Crippen LogP contribution in [0.4, 0.5) is 0 Å². The number of unbranched alkanes of at least 4 members (excludes halogenated alkanes) is 27. The van der Waals surface area contributed by atoms with Crippen LogP contribution in [-0.2, 0) is 18.4 Å². The Labute approximate surface area is 336 Å². The molecule has 0 bridgehead atoms. The van der Waals surface area contributed by atoms with Gasteiger partial charge in [-0.2, -0.15) is 0 Å². The van der Waals surface area contributed by atoms with Crippen molar-refractivity contribution < 1.29 is 0 Å². The van der Waals surface area contributed by atoms with Gasteiger partial charge < -0.3 is 4.57 Å². The van der Waals surface area contributed by atoms with Crippen molar-refractivity contribution in [3.63, 3.8) is 0 Å². The number of hydrogen-bond acceptors (Lipinski definition) is 1. The predicted octanol–water partition coefficient (Wildman–Crippen LogP) is 16.9. The number of rotatable bonds is 36. The van der Waals surface area contributed by atoms with Crippen molar-refractivity contribution in [3.8, 4) is 0 Å². The van der Waals surface area contributed by atoms with Gasteiger partial charge in [-0.1, -0.05) is 261 Å². The average Bonchev–Trinajstić information content (AvgIpc) is 3.66. The molecule has 2 nitrogen and oxygen atoms in total. The Morgan fingerprint density at radius 2 is 0.870 bits per heavy atom. The van der Waals surface area contributed by atoms with Gasteiger partial charge >= 0.3 is 0 Å². The summed E-state index contributed by atoms with van der Waals surface area (Å²) in [6.07, 6.45) is 47.4. The minimum absolute atomic E-state index is 0.0305. The van der Waals surface area contributed by atoms with E-state index in [2.05, 4.69) is 98.4 Å². The molecule has 54 heavy (non-hydrogen) atoms. The van der Waals surface area contributed by atoms with Crippen LogP contribution in [0.5, 0.6) is 0 Å². The second kappa shape index (κ2) is 30.8. The lowest BCUT2D eigenvalue weighted by Gasteiger charge is -2.39. The molecule has 0 saturated heterocycles. The summed E-state index contributed by atoms with van der Waals surface area (Å²) in [5.41, 5.74) is 2.85. The van der Waals surface area contributed by atoms with Crippen LogP contribution in [0.2, 0.25) is 0 Å². The smallest absolute Gasteiger partial charge is 0.112 e. The van der Waals surface area contributed by atoms with Gasteiger partial charge in [0, 0.05) is 30.3 Å². The number of aryl methyl sites for hydroxylation is 1. The van der Waals surface area contributed by atoms with Crippen molar-refractivity contribution in [2.45, 2.75) is 238 Å². The largest absolute Gasteiger partial charge is 0.335 e. The minimum atomic E-state index is -0.0305. The fraction of sp³-hybridized carbons (Fsp3) is 0.712. The van der Waals surface area contributed by atoms with Crippen molar-refractivity contribution in [3.05, 3.63) is 90.0 Å². The number of nitrogens with zero attached hydrogens (tertiary/aromatic N) is 2. The van der Waals surface area contributed by atoms with Crippen LogP contribution in [-0.4, -0.2) is 9.55 Å². The second-order valence-electron chi connectivity index (χ2n) is 17.3. The zero-order valence-corrected chi connectivity index (χ0v) is 36.0. The molecule has 0 amide bonds. The first kappa shape index (κ1) is 46.0. The van der Waals surface area contributed by atoms with Crippen LogP contribution in [0.15, 0.2) is 73.1 Å². The first-order chi connectivity index (χ1) is 26.7. The Kier molecular flexibility index (Phi) is 26.3. The number of aromatic nitrogens is 2. The molecule has 2 atom stereocenters. The molecule has 0 radical (unpaired) electrons. The minimum Gasteiger partial charge on any atom is -0.335 e. The van der Waals surface area contributed by atoms with Crippen LogP contribution in [0.1, 0.15) is 236 Å². The number of benzene rings is 2. The average molecular weight is 739 g/mol. The summed E-state index contributed by atoms with van der Waals surface area (Å²) < 4.78 is 2.54. The lowest BCUT2D eigenvalue weighted by atomic mass is 9.66. The Morgan fingerprint density at radius 1 is 0.481 bits per heavy atom.